The minimum absolute atomic E-state index is 0.685. The average Bonchev–Trinajstić information content (AvgIpc) is 2.53. The molecule has 0 atom stereocenters. The molecule has 0 aliphatic rings. The van der Waals surface area contributed by atoms with Crippen molar-refractivity contribution in [3.05, 3.63) is 83.4 Å². The lowest BCUT2D eigenvalue weighted by Crippen LogP contribution is -1.83. The van der Waals surface area contributed by atoms with Crippen LogP contribution in [0.5, 0.6) is 0 Å². The normalized spacial score (nSPS) is 11.3. The lowest BCUT2D eigenvalue weighted by Gasteiger charge is -2.02. The average molecular weight is 269 g/mol. The Bertz CT molecular complexity index is 849. The summed E-state index contributed by atoms with van der Waals surface area (Å²) in [7, 11) is 0. The minimum Gasteiger partial charge on any atom is -0.192 e. The molecular weight excluding hydrogens is 254 g/mol. The number of hydrogen-bond donors (Lipinski definition) is 0. The van der Waals surface area contributed by atoms with Gasteiger partial charge in [0.2, 0.25) is 0 Å². The summed E-state index contributed by atoms with van der Waals surface area (Å²) in [5.41, 5.74) is 3.88. The molecule has 0 spiro atoms. The van der Waals surface area contributed by atoms with E-state index in [-0.39, 0.29) is 0 Å². The Hall–Kier alpha value is -2.85. The van der Waals surface area contributed by atoms with Crippen molar-refractivity contribution in [3.63, 3.8) is 0 Å². The maximum Gasteiger partial charge on any atom is 0.0998 e. The number of rotatable bonds is 2. The summed E-state index contributed by atoms with van der Waals surface area (Å²) in [4.78, 5) is 0. The zero-order chi connectivity index (χ0) is 14.7. The second kappa shape index (κ2) is 5.64. The van der Waals surface area contributed by atoms with Crippen LogP contribution in [0.2, 0.25) is 0 Å². The molecule has 0 unspecified atom stereocenters. The van der Waals surface area contributed by atoms with Crippen LogP contribution in [-0.4, -0.2) is 0 Å². The van der Waals surface area contributed by atoms with Gasteiger partial charge in [-0.2, -0.15) is 5.26 Å². The summed E-state index contributed by atoms with van der Waals surface area (Å²) in [5, 5.41) is 11.8. The highest BCUT2D eigenvalue weighted by molar-refractivity contribution is 5.92. The topological polar surface area (TPSA) is 23.8 Å². The van der Waals surface area contributed by atoms with Gasteiger partial charge in [-0.25, -0.2) is 0 Å². The van der Waals surface area contributed by atoms with E-state index in [4.69, 9.17) is 0 Å². The van der Waals surface area contributed by atoms with Crippen molar-refractivity contribution in [2.45, 2.75) is 6.92 Å². The van der Waals surface area contributed by atoms with Gasteiger partial charge in [-0.3, -0.25) is 0 Å². The van der Waals surface area contributed by atoms with Crippen LogP contribution in [0, 0.1) is 18.3 Å². The molecule has 0 saturated heterocycles. The first kappa shape index (κ1) is 13.1. The number of hydrogen-bond acceptors (Lipinski definition) is 1. The molecule has 0 heterocycles. The molecule has 3 rings (SSSR count). The first-order chi connectivity index (χ1) is 10.3. The summed E-state index contributed by atoms with van der Waals surface area (Å²) < 4.78 is 0. The number of nitrogens with zero attached hydrogens (tertiary/aromatic N) is 1. The third-order valence-electron chi connectivity index (χ3n) is 3.57. The van der Waals surface area contributed by atoms with Gasteiger partial charge in [0.25, 0.3) is 0 Å². The lowest BCUT2D eigenvalue weighted by molar-refractivity contribution is 1.45. The number of fused-ring (bicyclic) bond motifs is 1. The molecule has 1 heteroatoms. The quantitative estimate of drug-likeness (QED) is 0.462. The third-order valence-corrected chi connectivity index (χ3v) is 3.57. The van der Waals surface area contributed by atoms with Gasteiger partial charge in [0, 0.05) is 0 Å². The minimum atomic E-state index is 0.685. The smallest absolute Gasteiger partial charge is 0.0998 e. The molecule has 0 aliphatic heterocycles. The van der Waals surface area contributed by atoms with Crippen molar-refractivity contribution in [1.29, 1.82) is 5.26 Å². The molecule has 0 N–H and O–H groups in total. The standard InChI is InChI=1S/C20H15N/c1-15-6-9-18(10-7-15)20(14-21)13-16-8-11-17-4-2-3-5-19(17)12-16/h2-13H,1H3/b20-13+. The summed E-state index contributed by atoms with van der Waals surface area (Å²) in [5.74, 6) is 0. The van der Waals surface area contributed by atoms with E-state index in [9.17, 15) is 5.26 Å². The van der Waals surface area contributed by atoms with Gasteiger partial charge in [-0.15, -0.1) is 0 Å². The summed E-state index contributed by atoms with van der Waals surface area (Å²) in [6.07, 6.45) is 1.94. The van der Waals surface area contributed by atoms with Gasteiger partial charge in [-0.1, -0.05) is 66.2 Å². The fourth-order valence-corrected chi connectivity index (χ4v) is 2.38. The Morgan fingerprint density at radius 1 is 0.905 bits per heavy atom. The summed E-state index contributed by atoms with van der Waals surface area (Å²) >= 11 is 0. The Labute approximate surface area is 124 Å². The molecule has 0 amide bonds. The van der Waals surface area contributed by atoms with Gasteiger partial charge in [0.05, 0.1) is 11.6 Å². The summed E-state index contributed by atoms with van der Waals surface area (Å²) in [6.45, 7) is 2.04. The Morgan fingerprint density at radius 2 is 1.62 bits per heavy atom. The van der Waals surface area contributed by atoms with E-state index >= 15 is 0 Å². The van der Waals surface area contributed by atoms with E-state index in [2.05, 4.69) is 30.3 Å². The second-order valence-electron chi connectivity index (χ2n) is 5.14. The van der Waals surface area contributed by atoms with Crippen molar-refractivity contribution in [1.82, 2.24) is 0 Å². The molecule has 0 aromatic heterocycles. The van der Waals surface area contributed by atoms with E-state index in [0.717, 1.165) is 11.1 Å². The zero-order valence-electron chi connectivity index (χ0n) is 11.9. The predicted octanol–water partition coefficient (Wildman–Crippen LogP) is 5.21. The van der Waals surface area contributed by atoms with Gasteiger partial charge >= 0.3 is 0 Å². The lowest BCUT2D eigenvalue weighted by atomic mass is 10.0. The molecule has 100 valence electrons. The van der Waals surface area contributed by atoms with Crippen LogP contribution in [0.3, 0.4) is 0 Å². The van der Waals surface area contributed by atoms with E-state index < -0.39 is 0 Å². The highest BCUT2D eigenvalue weighted by atomic mass is 14.2. The largest absolute Gasteiger partial charge is 0.192 e. The van der Waals surface area contributed by atoms with Crippen molar-refractivity contribution in [3.8, 4) is 6.07 Å². The fourth-order valence-electron chi connectivity index (χ4n) is 2.38. The Balaban J connectivity index is 2.04. The molecule has 0 radical (unpaired) electrons. The predicted molar refractivity (Wildman–Crippen MR) is 88.6 cm³/mol. The van der Waals surface area contributed by atoms with Crippen molar-refractivity contribution in [2.24, 2.45) is 0 Å². The molecule has 0 aliphatic carbocycles. The van der Waals surface area contributed by atoms with Gasteiger partial charge < -0.3 is 0 Å². The van der Waals surface area contributed by atoms with Crippen LogP contribution in [0.4, 0.5) is 0 Å². The SMILES string of the molecule is Cc1ccc(/C(C#N)=C/c2ccc3ccccc3c2)cc1. The molecular formula is C20H15N. The van der Waals surface area contributed by atoms with E-state index in [0.29, 0.717) is 5.57 Å². The highest BCUT2D eigenvalue weighted by Gasteiger charge is 2.01. The van der Waals surface area contributed by atoms with E-state index in [1.807, 2.05) is 55.5 Å². The zero-order valence-corrected chi connectivity index (χ0v) is 11.9. The Kier molecular flexibility index (Phi) is 3.53. The van der Waals surface area contributed by atoms with E-state index in [1.165, 1.54) is 16.3 Å². The highest BCUT2D eigenvalue weighted by Crippen LogP contribution is 2.21. The maximum atomic E-state index is 9.41. The second-order valence-corrected chi connectivity index (χ2v) is 5.14. The van der Waals surface area contributed by atoms with Crippen LogP contribution in [0.1, 0.15) is 16.7 Å². The number of aryl methyl sites for hydroxylation is 1. The molecule has 0 bridgehead atoms. The molecule has 0 saturated carbocycles. The van der Waals surface area contributed by atoms with Crippen molar-refractivity contribution in [2.75, 3.05) is 0 Å². The monoisotopic (exact) mass is 269 g/mol. The third kappa shape index (κ3) is 2.85. The molecule has 21 heavy (non-hydrogen) atoms. The molecule has 0 fully saturated rings. The molecule has 1 nitrogen and oxygen atoms in total. The first-order valence-corrected chi connectivity index (χ1v) is 6.94. The first-order valence-electron chi connectivity index (χ1n) is 6.94. The van der Waals surface area contributed by atoms with Crippen molar-refractivity contribution >= 4 is 22.4 Å². The van der Waals surface area contributed by atoms with Crippen LogP contribution in [0.25, 0.3) is 22.4 Å². The van der Waals surface area contributed by atoms with Gasteiger partial charge in [0.15, 0.2) is 0 Å². The van der Waals surface area contributed by atoms with Crippen LogP contribution >= 0.6 is 0 Å². The Morgan fingerprint density at radius 3 is 2.33 bits per heavy atom. The van der Waals surface area contributed by atoms with Crippen LogP contribution in [-0.2, 0) is 0 Å². The van der Waals surface area contributed by atoms with Gasteiger partial charge in [0.1, 0.15) is 0 Å². The number of benzene rings is 3. The van der Waals surface area contributed by atoms with Crippen LogP contribution < -0.4 is 0 Å². The van der Waals surface area contributed by atoms with Crippen molar-refractivity contribution < 1.29 is 0 Å². The van der Waals surface area contributed by atoms with E-state index in [1.54, 1.807) is 0 Å². The number of nitriles is 1. The maximum absolute atomic E-state index is 9.41. The number of allylic oxidation sites excluding steroid dienone is 1. The summed E-state index contributed by atoms with van der Waals surface area (Å²) in [6, 6.07) is 24.8. The molecule has 3 aromatic rings. The molecule has 3 aromatic carbocycles. The van der Waals surface area contributed by atoms with Gasteiger partial charge in [-0.05, 0) is 41.0 Å². The fraction of sp³-hybridized carbons (Fsp3) is 0.0500. The van der Waals surface area contributed by atoms with Crippen LogP contribution in [0.15, 0.2) is 66.7 Å².